The summed E-state index contributed by atoms with van der Waals surface area (Å²) in [5.41, 5.74) is 0.724. The fraction of sp³-hybridized carbons (Fsp3) is 0.600. The molecule has 0 atom stereocenters. The summed E-state index contributed by atoms with van der Waals surface area (Å²) in [6, 6.07) is 8.92. The van der Waals surface area contributed by atoms with E-state index in [-0.39, 0.29) is 0 Å². The third-order valence-electron chi connectivity index (χ3n) is 4.15. The van der Waals surface area contributed by atoms with Crippen LogP contribution in [0.1, 0.15) is 25.7 Å². The SMILES string of the molecule is CNCC1(O)CCC(N(C)c2cccc(Br)c2)CC1. The number of rotatable bonds is 4. The van der Waals surface area contributed by atoms with Crippen LogP contribution in [0.5, 0.6) is 0 Å². The van der Waals surface area contributed by atoms with Crippen molar-refractivity contribution < 1.29 is 5.11 Å². The van der Waals surface area contributed by atoms with E-state index in [1.165, 1.54) is 5.69 Å². The zero-order valence-corrected chi connectivity index (χ0v) is 13.3. The van der Waals surface area contributed by atoms with Gasteiger partial charge in [0.1, 0.15) is 0 Å². The van der Waals surface area contributed by atoms with Gasteiger partial charge < -0.3 is 15.3 Å². The second-order valence-electron chi connectivity index (χ2n) is 5.58. The molecule has 4 heteroatoms. The molecule has 0 heterocycles. The van der Waals surface area contributed by atoms with Gasteiger partial charge in [-0.15, -0.1) is 0 Å². The highest BCUT2D eigenvalue weighted by Crippen LogP contribution is 2.32. The number of benzene rings is 1. The maximum Gasteiger partial charge on any atom is 0.0773 e. The number of aliphatic hydroxyl groups is 1. The van der Waals surface area contributed by atoms with Crippen LogP contribution in [0.25, 0.3) is 0 Å². The Morgan fingerprint density at radius 1 is 1.42 bits per heavy atom. The lowest BCUT2D eigenvalue weighted by atomic mass is 9.81. The van der Waals surface area contributed by atoms with Crippen LogP contribution in [-0.2, 0) is 0 Å². The molecule has 1 saturated carbocycles. The standard InChI is InChI=1S/C15H23BrN2O/c1-17-11-15(19)8-6-13(7-9-15)18(2)14-5-3-4-12(16)10-14/h3-5,10,13,17,19H,6-9,11H2,1-2H3. The van der Waals surface area contributed by atoms with Crippen molar-refractivity contribution in [1.29, 1.82) is 0 Å². The second-order valence-corrected chi connectivity index (χ2v) is 6.49. The normalized spacial score (nSPS) is 27.3. The highest BCUT2D eigenvalue weighted by atomic mass is 79.9. The Bertz CT molecular complexity index is 416. The molecule has 106 valence electrons. The molecule has 1 aliphatic carbocycles. The number of nitrogens with zero attached hydrogens (tertiary/aromatic N) is 1. The first-order valence-corrected chi connectivity index (χ1v) is 7.69. The Kier molecular flexibility index (Phi) is 4.87. The van der Waals surface area contributed by atoms with E-state index in [2.05, 4.69) is 51.4 Å². The number of nitrogens with one attached hydrogen (secondary N) is 1. The lowest BCUT2D eigenvalue weighted by Gasteiger charge is -2.40. The molecule has 1 fully saturated rings. The van der Waals surface area contributed by atoms with Crippen LogP contribution in [0.15, 0.2) is 28.7 Å². The molecule has 2 N–H and O–H groups in total. The lowest BCUT2D eigenvalue weighted by Crippen LogP contribution is -2.47. The van der Waals surface area contributed by atoms with E-state index in [9.17, 15) is 5.11 Å². The Morgan fingerprint density at radius 3 is 2.68 bits per heavy atom. The zero-order chi connectivity index (χ0) is 13.9. The minimum atomic E-state index is -0.511. The summed E-state index contributed by atoms with van der Waals surface area (Å²) in [4.78, 5) is 2.34. The number of hydrogen-bond donors (Lipinski definition) is 2. The number of hydrogen-bond acceptors (Lipinski definition) is 3. The molecule has 1 aromatic rings. The van der Waals surface area contributed by atoms with Crippen LogP contribution in [0.2, 0.25) is 0 Å². The largest absolute Gasteiger partial charge is 0.389 e. The van der Waals surface area contributed by atoms with Crippen LogP contribution >= 0.6 is 15.9 Å². The molecule has 0 amide bonds. The van der Waals surface area contributed by atoms with Crippen LogP contribution < -0.4 is 10.2 Å². The minimum Gasteiger partial charge on any atom is -0.389 e. The van der Waals surface area contributed by atoms with Crippen molar-refractivity contribution in [2.75, 3.05) is 25.5 Å². The predicted molar refractivity (Wildman–Crippen MR) is 83.7 cm³/mol. The molecule has 0 bridgehead atoms. The first-order valence-electron chi connectivity index (χ1n) is 6.89. The third-order valence-corrected chi connectivity index (χ3v) is 4.65. The van der Waals surface area contributed by atoms with Gasteiger partial charge in [-0.1, -0.05) is 22.0 Å². The number of anilines is 1. The van der Waals surface area contributed by atoms with Crippen molar-refractivity contribution in [3.8, 4) is 0 Å². The van der Waals surface area contributed by atoms with Crippen LogP contribution in [-0.4, -0.2) is 37.4 Å². The molecule has 19 heavy (non-hydrogen) atoms. The molecule has 1 aromatic carbocycles. The maximum atomic E-state index is 10.4. The highest BCUT2D eigenvalue weighted by Gasteiger charge is 2.33. The second kappa shape index (κ2) is 6.25. The maximum absolute atomic E-state index is 10.4. The fourth-order valence-electron chi connectivity index (χ4n) is 2.94. The van der Waals surface area contributed by atoms with Gasteiger partial charge in [-0.05, 0) is 50.9 Å². The molecule has 3 nitrogen and oxygen atoms in total. The Labute approximate surface area is 124 Å². The quantitative estimate of drug-likeness (QED) is 0.893. The molecule has 0 saturated heterocycles. The van der Waals surface area contributed by atoms with E-state index in [1.807, 2.05) is 13.1 Å². The molecule has 0 unspecified atom stereocenters. The Hall–Kier alpha value is -0.580. The molecule has 2 rings (SSSR count). The number of halogens is 1. The monoisotopic (exact) mass is 326 g/mol. The van der Waals surface area contributed by atoms with E-state index < -0.39 is 5.60 Å². The summed E-state index contributed by atoms with van der Waals surface area (Å²) in [5.74, 6) is 0. The van der Waals surface area contributed by atoms with Gasteiger partial charge in [-0.2, -0.15) is 0 Å². The van der Waals surface area contributed by atoms with Gasteiger partial charge in [0.25, 0.3) is 0 Å². The minimum absolute atomic E-state index is 0.511. The van der Waals surface area contributed by atoms with E-state index in [0.717, 1.165) is 30.2 Å². The first-order chi connectivity index (χ1) is 9.04. The van der Waals surface area contributed by atoms with Gasteiger partial charge in [0.2, 0.25) is 0 Å². The summed E-state index contributed by atoms with van der Waals surface area (Å²) >= 11 is 3.52. The average Bonchev–Trinajstić information content (AvgIpc) is 2.39. The summed E-state index contributed by atoms with van der Waals surface area (Å²) in [6.45, 7) is 0.695. The van der Waals surface area contributed by atoms with Crippen LogP contribution in [0.4, 0.5) is 5.69 Å². The van der Waals surface area contributed by atoms with Gasteiger partial charge >= 0.3 is 0 Å². The van der Waals surface area contributed by atoms with Crippen molar-refractivity contribution in [3.63, 3.8) is 0 Å². The predicted octanol–water partition coefficient (Wildman–Crippen LogP) is 2.78. The van der Waals surface area contributed by atoms with E-state index in [4.69, 9.17) is 0 Å². The van der Waals surface area contributed by atoms with Gasteiger partial charge in [-0.3, -0.25) is 0 Å². The third kappa shape index (κ3) is 3.71. The zero-order valence-electron chi connectivity index (χ0n) is 11.7. The topological polar surface area (TPSA) is 35.5 Å². The van der Waals surface area contributed by atoms with Crippen molar-refractivity contribution in [3.05, 3.63) is 28.7 Å². The molecule has 0 aromatic heterocycles. The van der Waals surface area contributed by atoms with E-state index in [1.54, 1.807) is 0 Å². The fourth-order valence-corrected chi connectivity index (χ4v) is 3.33. The highest BCUT2D eigenvalue weighted by molar-refractivity contribution is 9.10. The van der Waals surface area contributed by atoms with Crippen molar-refractivity contribution >= 4 is 21.6 Å². The van der Waals surface area contributed by atoms with E-state index in [0.29, 0.717) is 12.6 Å². The number of likely N-dealkylation sites (N-methyl/N-ethyl adjacent to an activating group) is 1. The average molecular weight is 327 g/mol. The van der Waals surface area contributed by atoms with Gasteiger partial charge in [-0.25, -0.2) is 0 Å². The smallest absolute Gasteiger partial charge is 0.0773 e. The first kappa shape index (κ1) is 14.8. The van der Waals surface area contributed by atoms with Crippen LogP contribution in [0, 0.1) is 0 Å². The molecule has 0 spiro atoms. The summed E-state index contributed by atoms with van der Waals surface area (Å²) in [5, 5.41) is 13.5. The molecular formula is C15H23BrN2O. The van der Waals surface area contributed by atoms with Crippen molar-refractivity contribution in [2.24, 2.45) is 0 Å². The summed E-state index contributed by atoms with van der Waals surface area (Å²) in [7, 11) is 4.05. The molecule has 1 aliphatic rings. The van der Waals surface area contributed by atoms with Gasteiger partial charge in [0.05, 0.1) is 5.60 Å². The van der Waals surface area contributed by atoms with Crippen LogP contribution in [0.3, 0.4) is 0 Å². The Morgan fingerprint density at radius 2 is 2.11 bits per heavy atom. The molecule has 0 aliphatic heterocycles. The summed E-state index contributed by atoms with van der Waals surface area (Å²) in [6.07, 6.45) is 3.83. The van der Waals surface area contributed by atoms with Crippen molar-refractivity contribution in [1.82, 2.24) is 5.32 Å². The lowest BCUT2D eigenvalue weighted by molar-refractivity contribution is 0.00199. The van der Waals surface area contributed by atoms with Crippen molar-refractivity contribution in [2.45, 2.75) is 37.3 Å². The molecular weight excluding hydrogens is 304 g/mol. The summed E-state index contributed by atoms with van der Waals surface area (Å²) < 4.78 is 1.11. The molecule has 0 radical (unpaired) electrons. The van der Waals surface area contributed by atoms with E-state index >= 15 is 0 Å². The van der Waals surface area contributed by atoms with Gasteiger partial charge in [0, 0.05) is 29.8 Å². The van der Waals surface area contributed by atoms with Gasteiger partial charge in [0.15, 0.2) is 0 Å². The Balaban J connectivity index is 1.98.